The van der Waals surface area contributed by atoms with E-state index >= 15 is 0 Å². The van der Waals surface area contributed by atoms with Gasteiger partial charge < -0.3 is 29.3 Å². The Balaban J connectivity index is 2.71. The van der Waals surface area contributed by atoms with E-state index in [2.05, 4.69) is 26.6 Å². The van der Waals surface area contributed by atoms with Gasteiger partial charge in [0.2, 0.25) is 11.7 Å². The van der Waals surface area contributed by atoms with Gasteiger partial charge in [0.25, 0.3) is 0 Å². The first-order valence-corrected chi connectivity index (χ1v) is 17.6. The second-order valence-electron chi connectivity index (χ2n) is 12.7. The molecule has 0 unspecified atom stereocenters. The van der Waals surface area contributed by atoms with E-state index in [1.54, 1.807) is 39.0 Å². The summed E-state index contributed by atoms with van der Waals surface area (Å²) in [7, 11) is -0.205. The standard InChI is InChI=1S/C30H41BrFN3O9Si/c1-29(2,3)43-28(38)34-23(17-12-14-22(41-7)19(31)15-17)26(36)33-24(27(37)42-8)25(44-45(9,10)30(4,5)6)18-11-13-20(32)21(16-18)35(39)40/h11-16,23-25H,1-10H3,(H,33,36)(H,34,38)/t23-,24-,25+/m0/s1. The molecule has 0 bridgehead atoms. The molecule has 0 aliphatic rings. The van der Waals surface area contributed by atoms with Crippen LogP contribution in [0.5, 0.6) is 5.75 Å². The lowest BCUT2D eigenvalue weighted by atomic mass is 10.00. The van der Waals surface area contributed by atoms with Crippen LogP contribution >= 0.6 is 15.9 Å². The molecule has 248 valence electrons. The van der Waals surface area contributed by atoms with Crippen LogP contribution in [0.15, 0.2) is 40.9 Å². The molecule has 15 heteroatoms. The van der Waals surface area contributed by atoms with Crippen LogP contribution in [0.1, 0.15) is 64.8 Å². The number of hydrogen-bond acceptors (Lipinski definition) is 9. The van der Waals surface area contributed by atoms with Crippen LogP contribution in [0.25, 0.3) is 0 Å². The number of nitro benzene ring substituents is 1. The molecule has 0 heterocycles. The summed E-state index contributed by atoms with van der Waals surface area (Å²) in [5.74, 6) is -2.41. The third kappa shape index (κ3) is 9.96. The predicted molar refractivity (Wildman–Crippen MR) is 171 cm³/mol. The maximum absolute atomic E-state index is 14.4. The van der Waals surface area contributed by atoms with Crippen LogP contribution in [0, 0.1) is 15.9 Å². The van der Waals surface area contributed by atoms with Gasteiger partial charge in [-0.3, -0.25) is 14.9 Å². The Hall–Kier alpha value is -3.56. The molecular formula is C30H41BrFN3O9Si. The van der Waals surface area contributed by atoms with Crippen LogP contribution in [0.3, 0.4) is 0 Å². The Morgan fingerprint density at radius 2 is 1.58 bits per heavy atom. The predicted octanol–water partition coefficient (Wildman–Crippen LogP) is 6.49. The zero-order chi connectivity index (χ0) is 34.5. The molecule has 2 aromatic rings. The summed E-state index contributed by atoms with van der Waals surface area (Å²) in [4.78, 5) is 50.9. The Morgan fingerprint density at radius 3 is 2.07 bits per heavy atom. The fourth-order valence-electron chi connectivity index (χ4n) is 3.88. The minimum absolute atomic E-state index is 0.0625. The summed E-state index contributed by atoms with van der Waals surface area (Å²) in [6, 6.07) is 4.82. The van der Waals surface area contributed by atoms with Gasteiger partial charge in [-0.1, -0.05) is 32.9 Å². The molecule has 0 radical (unpaired) electrons. The number of rotatable bonds is 11. The van der Waals surface area contributed by atoms with Crippen LogP contribution in [-0.4, -0.2) is 57.1 Å². The lowest BCUT2D eigenvalue weighted by Gasteiger charge is -2.41. The molecule has 12 nitrogen and oxygen atoms in total. The fourth-order valence-corrected chi connectivity index (χ4v) is 5.70. The number of nitrogens with one attached hydrogen (secondary N) is 2. The molecule has 0 aliphatic heterocycles. The lowest BCUT2D eigenvalue weighted by Crippen LogP contribution is -2.53. The van der Waals surface area contributed by atoms with Crippen molar-refractivity contribution in [1.82, 2.24) is 10.6 Å². The summed E-state index contributed by atoms with van der Waals surface area (Å²) in [6.07, 6.45) is -2.25. The molecular weight excluding hydrogens is 673 g/mol. The zero-order valence-corrected chi connectivity index (χ0v) is 29.7. The van der Waals surface area contributed by atoms with E-state index in [0.717, 1.165) is 19.2 Å². The fraction of sp³-hybridized carbons (Fsp3) is 0.500. The molecule has 0 spiro atoms. The summed E-state index contributed by atoms with van der Waals surface area (Å²) >= 11 is 3.38. The summed E-state index contributed by atoms with van der Waals surface area (Å²) in [6.45, 7) is 14.6. The van der Waals surface area contributed by atoms with E-state index in [9.17, 15) is 28.9 Å². The van der Waals surface area contributed by atoms with Crippen LogP contribution < -0.4 is 15.4 Å². The van der Waals surface area contributed by atoms with E-state index < -0.39 is 71.5 Å². The largest absolute Gasteiger partial charge is 0.496 e. The van der Waals surface area contributed by atoms with Crippen molar-refractivity contribution in [3.8, 4) is 5.75 Å². The first-order chi connectivity index (χ1) is 20.6. The van der Waals surface area contributed by atoms with Crippen LogP contribution in [0.4, 0.5) is 14.9 Å². The lowest BCUT2D eigenvalue weighted by molar-refractivity contribution is -0.387. The van der Waals surface area contributed by atoms with Crippen LogP contribution in [0.2, 0.25) is 18.1 Å². The van der Waals surface area contributed by atoms with Crippen molar-refractivity contribution in [2.75, 3.05) is 14.2 Å². The minimum atomic E-state index is -2.78. The summed E-state index contributed by atoms with van der Waals surface area (Å²) < 4.78 is 37.1. The van der Waals surface area contributed by atoms with Gasteiger partial charge in [-0.05, 0) is 84.2 Å². The SMILES string of the molecule is COC(=O)[C@@H](NC(=O)[C@@H](NC(=O)OC(C)(C)C)c1ccc(OC)c(Br)c1)[C@H](O[Si](C)(C)C(C)(C)C)c1ccc(F)c([N+](=O)[O-])c1. The number of carbonyl (C=O) groups is 3. The van der Waals surface area contributed by atoms with Crippen molar-refractivity contribution in [3.05, 3.63) is 67.9 Å². The maximum Gasteiger partial charge on any atom is 0.408 e. The molecule has 45 heavy (non-hydrogen) atoms. The number of benzene rings is 2. The highest BCUT2D eigenvalue weighted by atomic mass is 79.9. The normalized spacial score (nSPS) is 14.0. The highest BCUT2D eigenvalue weighted by Gasteiger charge is 2.44. The van der Waals surface area contributed by atoms with E-state index in [4.69, 9.17) is 18.6 Å². The maximum atomic E-state index is 14.4. The van der Waals surface area contributed by atoms with Crippen LogP contribution in [-0.2, 0) is 23.5 Å². The summed E-state index contributed by atoms with van der Waals surface area (Å²) in [5, 5.41) is 16.4. The molecule has 2 N–H and O–H groups in total. The number of nitro groups is 1. The van der Waals surface area contributed by atoms with Crippen molar-refractivity contribution in [2.45, 2.75) is 83.5 Å². The average molecular weight is 715 g/mol. The average Bonchev–Trinajstić information content (AvgIpc) is 2.91. The smallest absolute Gasteiger partial charge is 0.408 e. The number of carbonyl (C=O) groups excluding carboxylic acids is 3. The van der Waals surface area contributed by atoms with Crippen molar-refractivity contribution >= 4 is 47.9 Å². The second kappa shape index (κ2) is 14.7. The second-order valence-corrected chi connectivity index (χ2v) is 18.4. The third-order valence-electron chi connectivity index (χ3n) is 7.21. The molecule has 0 saturated heterocycles. The Labute approximate surface area is 271 Å². The Kier molecular flexibility index (Phi) is 12.3. The Bertz CT molecular complexity index is 1430. The van der Waals surface area contributed by atoms with Gasteiger partial charge in [0.15, 0.2) is 14.4 Å². The topological polar surface area (TPSA) is 155 Å². The number of esters is 1. The number of halogens is 2. The molecule has 0 saturated carbocycles. The minimum Gasteiger partial charge on any atom is -0.496 e. The van der Waals surface area contributed by atoms with Gasteiger partial charge in [-0.25, -0.2) is 9.59 Å². The molecule has 0 aromatic heterocycles. The number of ether oxygens (including phenoxy) is 3. The van der Waals surface area contributed by atoms with Crippen molar-refractivity contribution in [2.24, 2.45) is 0 Å². The van der Waals surface area contributed by atoms with Gasteiger partial charge in [-0.2, -0.15) is 4.39 Å². The van der Waals surface area contributed by atoms with Crippen molar-refractivity contribution in [1.29, 1.82) is 0 Å². The molecule has 0 aliphatic carbocycles. The monoisotopic (exact) mass is 713 g/mol. The van der Waals surface area contributed by atoms with E-state index in [-0.39, 0.29) is 5.56 Å². The van der Waals surface area contributed by atoms with E-state index in [1.807, 2.05) is 33.9 Å². The highest BCUT2D eigenvalue weighted by Crippen LogP contribution is 2.41. The molecule has 2 aromatic carbocycles. The van der Waals surface area contributed by atoms with Crippen molar-refractivity contribution < 1.29 is 42.3 Å². The Morgan fingerprint density at radius 1 is 0.978 bits per heavy atom. The quantitative estimate of drug-likeness (QED) is 0.115. The first kappa shape index (κ1) is 37.6. The molecule has 3 atom stereocenters. The molecule has 0 fully saturated rings. The van der Waals surface area contributed by atoms with Gasteiger partial charge in [-0.15, -0.1) is 0 Å². The number of nitrogens with zero attached hydrogens (tertiary/aromatic N) is 1. The number of amides is 2. The van der Waals surface area contributed by atoms with Gasteiger partial charge >= 0.3 is 17.7 Å². The number of hydrogen-bond donors (Lipinski definition) is 2. The summed E-state index contributed by atoms with van der Waals surface area (Å²) in [5.41, 5.74) is -1.36. The van der Waals surface area contributed by atoms with E-state index in [0.29, 0.717) is 15.8 Å². The van der Waals surface area contributed by atoms with Crippen molar-refractivity contribution in [3.63, 3.8) is 0 Å². The number of methoxy groups -OCH3 is 2. The van der Waals surface area contributed by atoms with Gasteiger partial charge in [0.1, 0.15) is 23.5 Å². The number of alkyl carbamates (subject to hydrolysis) is 1. The molecule has 2 rings (SSSR count). The van der Waals surface area contributed by atoms with Gasteiger partial charge in [0.05, 0.1) is 23.6 Å². The van der Waals surface area contributed by atoms with Gasteiger partial charge in [0, 0.05) is 6.07 Å². The zero-order valence-electron chi connectivity index (χ0n) is 27.1. The first-order valence-electron chi connectivity index (χ1n) is 13.9. The third-order valence-corrected chi connectivity index (χ3v) is 12.3. The highest BCUT2D eigenvalue weighted by molar-refractivity contribution is 9.10. The van der Waals surface area contributed by atoms with E-state index in [1.165, 1.54) is 13.2 Å². The molecule has 2 amide bonds.